The van der Waals surface area contributed by atoms with Crippen LogP contribution in [-0.2, 0) is 22.7 Å². The van der Waals surface area contributed by atoms with E-state index in [0.717, 1.165) is 23.0 Å². The molecule has 1 heterocycles. The number of benzene rings is 1. The lowest BCUT2D eigenvalue weighted by Gasteiger charge is -2.03. The van der Waals surface area contributed by atoms with Crippen LogP contribution in [0.3, 0.4) is 0 Å². The molecule has 4 nitrogen and oxygen atoms in total. The van der Waals surface area contributed by atoms with Crippen LogP contribution >= 0.6 is 0 Å². The standard InChI is InChI=1S/C15H14O4/c16-15(17)7-6-12-3-1-4-13(9-12)10-18-11-14-5-2-8-19-14/h1-9H,10-11H2,(H,16,17)/b7-6+. The summed E-state index contributed by atoms with van der Waals surface area (Å²) < 4.78 is 10.7. The molecule has 0 amide bonds. The van der Waals surface area contributed by atoms with Crippen molar-refractivity contribution in [2.45, 2.75) is 13.2 Å². The van der Waals surface area contributed by atoms with E-state index in [-0.39, 0.29) is 0 Å². The molecule has 1 aromatic carbocycles. The highest BCUT2D eigenvalue weighted by Crippen LogP contribution is 2.10. The third-order valence-electron chi connectivity index (χ3n) is 2.46. The van der Waals surface area contributed by atoms with Crippen LogP contribution in [0.4, 0.5) is 0 Å². The van der Waals surface area contributed by atoms with E-state index in [1.807, 2.05) is 36.4 Å². The molecule has 0 aliphatic rings. The van der Waals surface area contributed by atoms with Crippen molar-refractivity contribution in [3.8, 4) is 0 Å². The van der Waals surface area contributed by atoms with Crippen molar-refractivity contribution in [2.24, 2.45) is 0 Å². The Morgan fingerprint density at radius 1 is 1.26 bits per heavy atom. The third-order valence-corrected chi connectivity index (χ3v) is 2.46. The number of hydrogen-bond donors (Lipinski definition) is 1. The van der Waals surface area contributed by atoms with E-state index in [1.54, 1.807) is 12.3 Å². The van der Waals surface area contributed by atoms with Gasteiger partial charge >= 0.3 is 5.97 Å². The van der Waals surface area contributed by atoms with Crippen molar-refractivity contribution >= 4 is 12.0 Å². The molecule has 0 aliphatic heterocycles. The van der Waals surface area contributed by atoms with Crippen LogP contribution in [0.5, 0.6) is 0 Å². The second kappa shape index (κ2) is 6.56. The van der Waals surface area contributed by atoms with Gasteiger partial charge in [-0.15, -0.1) is 0 Å². The zero-order valence-electron chi connectivity index (χ0n) is 10.3. The van der Waals surface area contributed by atoms with Crippen molar-refractivity contribution in [3.63, 3.8) is 0 Å². The quantitative estimate of drug-likeness (QED) is 0.809. The molecule has 98 valence electrons. The van der Waals surface area contributed by atoms with Crippen molar-refractivity contribution < 1.29 is 19.1 Å². The minimum atomic E-state index is -0.959. The summed E-state index contributed by atoms with van der Waals surface area (Å²) in [5, 5.41) is 8.57. The van der Waals surface area contributed by atoms with Crippen LogP contribution in [0.15, 0.2) is 53.2 Å². The molecule has 0 saturated heterocycles. The van der Waals surface area contributed by atoms with Gasteiger partial charge in [0, 0.05) is 6.08 Å². The molecule has 2 aromatic rings. The summed E-state index contributed by atoms with van der Waals surface area (Å²) in [5.41, 5.74) is 1.82. The lowest BCUT2D eigenvalue weighted by molar-refractivity contribution is -0.131. The number of ether oxygens (including phenoxy) is 1. The molecule has 1 N–H and O–H groups in total. The molecule has 0 atom stereocenters. The Balaban J connectivity index is 1.90. The molecular weight excluding hydrogens is 244 g/mol. The smallest absolute Gasteiger partial charge is 0.328 e. The van der Waals surface area contributed by atoms with Gasteiger partial charge in [-0.25, -0.2) is 4.79 Å². The van der Waals surface area contributed by atoms with Crippen molar-refractivity contribution in [3.05, 3.63) is 65.6 Å². The number of aliphatic carboxylic acids is 1. The summed E-state index contributed by atoms with van der Waals surface area (Å²) in [6.45, 7) is 0.873. The zero-order valence-corrected chi connectivity index (χ0v) is 10.3. The number of furan rings is 1. The van der Waals surface area contributed by atoms with E-state index in [4.69, 9.17) is 14.3 Å². The second-order valence-corrected chi connectivity index (χ2v) is 3.99. The van der Waals surface area contributed by atoms with Gasteiger partial charge in [-0.2, -0.15) is 0 Å². The molecule has 0 aliphatic carbocycles. The molecule has 0 fully saturated rings. The van der Waals surface area contributed by atoms with E-state index >= 15 is 0 Å². The molecule has 19 heavy (non-hydrogen) atoms. The summed E-state index contributed by atoms with van der Waals surface area (Å²) in [6.07, 6.45) is 4.27. The Labute approximate surface area is 110 Å². The van der Waals surface area contributed by atoms with Crippen molar-refractivity contribution in [1.29, 1.82) is 0 Å². The maximum absolute atomic E-state index is 10.4. The first-order valence-electron chi connectivity index (χ1n) is 5.84. The number of carboxylic acids is 1. The Kier molecular flexibility index (Phi) is 4.53. The Morgan fingerprint density at radius 3 is 2.89 bits per heavy atom. The van der Waals surface area contributed by atoms with Gasteiger partial charge in [0.1, 0.15) is 12.4 Å². The Hall–Kier alpha value is -2.33. The average Bonchev–Trinajstić information content (AvgIpc) is 2.90. The number of rotatable bonds is 6. The summed E-state index contributed by atoms with van der Waals surface area (Å²) in [6, 6.07) is 11.2. The predicted molar refractivity (Wildman–Crippen MR) is 70.3 cm³/mol. The van der Waals surface area contributed by atoms with Crippen LogP contribution in [0.2, 0.25) is 0 Å². The van der Waals surface area contributed by atoms with E-state index < -0.39 is 5.97 Å². The van der Waals surface area contributed by atoms with Crippen molar-refractivity contribution in [1.82, 2.24) is 0 Å². The SMILES string of the molecule is O=C(O)/C=C/c1cccc(COCc2ccco2)c1. The van der Waals surface area contributed by atoms with Gasteiger partial charge in [0.2, 0.25) is 0 Å². The maximum Gasteiger partial charge on any atom is 0.328 e. The summed E-state index contributed by atoms with van der Waals surface area (Å²) >= 11 is 0. The first-order valence-corrected chi connectivity index (χ1v) is 5.84. The van der Waals surface area contributed by atoms with Crippen LogP contribution in [0.1, 0.15) is 16.9 Å². The molecule has 0 bridgehead atoms. The van der Waals surface area contributed by atoms with E-state index in [0.29, 0.717) is 13.2 Å². The Bertz CT molecular complexity index is 555. The fourth-order valence-corrected chi connectivity index (χ4v) is 1.62. The molecule has 1 aromatic heterocycles. The highest BCUT2D eigenvalue weighted by molar-refractivity contribution is 5.85. The van der Waals surface area contributed by atoms with Gasteiger partial charge in [-0.3, -0.25) is 0 Å². The average molecular weight is 258 g/mol. The molecule has 4 heteroatoms. The zero-order chi connectivity index (χ0) is 13.5. The monoisotopic (exact) mass is 258 g/mol. The topological polar surface area (TPSA) is 59.7 Å². The fraction of sp³-hybridized carbons (Fsp3) is 0.133. The Morgan fingerprint density at radius 2 is 2.16 bits per heavy atom. The van der Waals surface area contributed by atoms with Gasteiger partial charge in [0.15, 0.2) is 0 Å². The van der Waals surface area contributed by atoms with Gasteiger partial charge in [0.05, 0.1) is 12.9 Å². The summed E-state index contributed by atoms with van der Waals surface area (Å²) in [4.78, 5) is 10.4. The van der Waals surface area contributed by atoms with E-state index in [9.17, 15) is 4.79 Å². The second-order valence-electron chi connectivity index (χ2n) is 3.99. The first kappa shape index (κ1) is 13.1. The molecule has 0 unspecified atom stereocenters. The highest BCUT2D eigenvalue weighted by atomic mass is 16.5. The van der Waals surface area contributed by atoms with Gasteiger partial charge in [0.25, 0.3) is 0 Å². The van der Waals surface area contributed by atoms with Crippen LogP contribution in [-0.4, -0.2) is 11.1 Å². The molecule has 0 radical (unpaired) electrons. The molecular formula is C15H14O4. The summed E-state index contributed by atoms with van der Waals surface area (Å²) in [5.74, 6) is -0.179. The van der Waals surface area contributed by atoms with E-state index in [2.05, 4.69) is 0 Å². The molecule has 2 rings (SSSR count). The minimum absolute atomic E-state index is 0.419. The maximum atomic E-state index is 10.4. The van der Waals surface area contributed by atoms with Crippen LogP contribution in [0.25, 0.3) is 6.08 Å². The highest BCUT2D eigenvalue weighted by Gasteiger charge is 1.98. The third kappa shape index (κ3) is 4.44. The minimum Gasteiger partial charge on any atom is -0.478 e. The number of hydrogen-bond acceptors (Lipinski definition) is 3. The molecule has 0 spiro atoms. The lowest BCUT2D eigenvalue weighted by Crippen LogP contribution is -1.93. The van der Waals surface area contributed by atoms with E-state index in [1.165, 1.54) is 0 Å². The largest absolute Gasteiger partial charge is 0.478 e. The number of carboxylic acid groups (broad SMARTS) is 1. The number of carbonyl (C=O) groups is 1. The van der Waals surface area contributed by atoms with Gasteiger partial charge in [-0.1, -0.05) is 18.2 Å². The van der Waals surface area contributed by atoms with Gasteiger partial charge in [-0.05, 0) is 35.4 Å². The first-order chi connectivity index (χ1) is 9.24. The van der Waals surface area contributed by atoms with Crippen LogP contribution in [0, 0.1) is 0 Å². The van der Waals surface area contributed by atoms with Gasteiger partial charge < -0.3 is 14.3 Å². The summed E-state index contributed by atoms with van der Waals surface area (Å²) in [7, 11) is 0. The molecule has 0 saturated carbocycles. The normalized spacial score (nSPS) is 10.9. The fourth-order valence-electron chi connectivity index (χ4n) is 1.62. The van der Waals surface area contributed by atoms with Crippen molar-refractivity contribution in [2.75, 3.05) is 0 Å². The predicted octanol–water partition coefficient (Wildman–Crippen LogP) is 3.09. The van der Waals surface area contributed by atoms with Crippen LogP contribution < -0.4 is 0 Å². The lowest BCUT2D eigenvalue weighted by atomic mass is 10.1.